The van der Waals surface area contributed by atoms with Crippen LogP contribution in [0.2, 0.25) is 0 Å². The Bertz CT molecular complexity index is 964. The molecule has 0 heterocycles. The SMILES string of the molecule is C=CCNC(=O)C(=O)N/N=C\c1cc(Br)ccc1OCC(=O)Nc1ccc(F)cc1. The lowest BCUT2D eigenvalue weighted by atomic mass is 10.2. The molecule has 0 aliphatic rings. The largest absolute Gasteiger partial charge is 0.483 e. The van der Waals surface area contributed by atoms with Gasteiger partial charge in [0.1, 0.15) is 11.6 Å². The first-order valence-corrected chi connectivity index (χ1v) is 9.38. The average molecular weight is 477 g/mol. The fourth-order valence-electron chi connectivity index (χ4n) is 2.08. The van der Waals surface area contributed by atoms with Gasteiger partial charge < -0.3 is 15.4 Å². The summed E-state index contributed by atoms with van der Waals surface area (Å²) in [7, 11) is 0. The third-order valence-electron chi connectivity index (χ3n) is 3.44. The van der Waals surface area contributed by atoms with E-state index >= 15 is 0 Å². The zero-order valence-corrected chi connectivity index (χ0v) is 17.2. The van der Waals surface area contributed by atoms with Gasteiger partial charge in [0.15, 0.2) is 6.61 Å². The van der Waals surface area contributed by atoms with E-state index in [2.05, 4.69) is 43.7 Å². The molecule has 3 N–H and O–H groups in total. The van der Waals surface area contributed by atoms with Gasteiger partial charge in [-0.1, -0.05) is 22.0 Å². The minimum absolute atomic E-state index is 0.152. The van der Waals surface area contributed by atoms with Crippen molar-refractivity contribution in [2.75, 3.05) is 18.5 Å². The molecule has 0 fully saturated rings. The van der Waals surface area contributed by atoms with Gasteiger partial charge in [-0.25, -0.2) is 9.82 Å². The highest BCUT2D eigenvalue weighted by Crippen LogP contribution is 2.22. The second-order valence-electron chi connectivity index (χ2n) is 5.72. The minimum Gasteiger partial charge on any atom is -0.483 e. The number of benzene rings is 2. The molecule has 2 rings (SSSR count). The van der Waals surface area contributed by atoms with Crippen LogP contribution in [-0.4, -0.2) is 37.1 Å². The van der Waals surface area contributed by atoms with Crippen LogP contribution in [-0.2, 0) is 14.4 Å². The van der Waals surface area contributed by atoms with Gasteiger partial charge in [0, 0.05) is 22.3 Å². The average Bonchev–Trinajstić information content (AvgIpc) is 2.73. The van der Waals surface area contributed by atoms with Gasteiger partial charge in [-0.2, -0.15) is 5.10 Å². The van der Waals surface area contributed by atoms with E-state index in [4.69, 9.17) is 4.74 Å². The van der Waals surface area contributed by atoms with Gasteiger partial charge in [0.05, 0.1) is 6.21 Å². The van der Waals surface area contributed by atoms with Gasteiger partial charge in [-0.3, -0.25) is 14.4 Å². The summed E-state index contributed by atoms with van der Waals surface area (Å²) in [5.41, 5.74) is 2.97. The lowest BCUT2D eigenvalue weighted by molar-refractivity contribution is -0.139. The number of carbonyl (C=O) groups is 3. The van der Waals surface area contributed by atoms with Gasteiger partial charge in [-0.15, -0.1) is 6.58 Å². The molecule has 30 heavy (non-hydrogen) atoms. The molecule has 2 aromatic rings. The van der Waals surface area contributed by atoms with Gasteiger partial charge >= 0.3 is 11.8 Å². The maximum Gasteiger partial charge on any atom is 0.329 e. The lowest BCUT2D eigenvalue weighted by Gasteiger charge is -2.10. The van der Waals surface area contributed by atoms with E-state index < -0.39 is 23.5 Å². The van der Waals surface area contributed by atoms with Crippen molar-refractivity contribution in [2.24, 2.45) is 5.10 Å². The van der Waals surface area contributed by atoms with Crippen molar-refractivity contribution in [3.05, 3.63) is 71.0 Å². The van der Waals surface area contributed by atoms with E-state index in [1.807, 2.05) is 0 Å². The Balaban J connectivity index is 1.96. The summed E-state index contributed by atoms with van der Waals surface area (Å²) in [6, 6.07) is 10.3. The quantitative estimate of drug-likeness (QED) is 0.235. The second kappa shape index (κ2) is 11.5. The van der Waals surface area contributed by atoms with E-state index in [-0.39, 0.29) is 13.2 Å². The van der Waals surface area contributed by atoms with Crippen LogP contribution in [0.25, 0.3) is 0 Å². The van der Waals surface area contributed by atoms with Crippen LogP contribution < -0.4 is 20.8 Å². The highest BCUT2D eigenvalue weighted by Gasteiger charge is 2.11. The molecule has 156 valence electrons. The standard InChI is InChI=1S/C20H18BrFN4O4/c1-2-9-23-19(28)20(29)26-24-11-13-10-14(21)3-8-17(13)30-12-18(27)25-16-6-4-15(22)5-7-16/h2-8,10-11H,1,9,12H2,(H,23,28)(H,25,27)(H,26,29)/b24-11-. The first-order chi connectivity index (χ1) is 14.4. The highest BCUT2D eigenvalue weighted by atomic mass is 79.9. The Kier molecular flexibility index (Phi) is 8.70. The Labute approximate surface area is 180 Å². The van der Waals surface area contributed by atoms with Crippen LogP contribution in [0.5, 0.6) is 5.75 Å². The second-order valence-corrected chi connectivity index (χ2v) is 6.64. The number of nitrogens with one attached hydrogen (secondary N) is 3. The maximum atomic E-state index is 12.9. The first-order valence-electron chi connectivity index (χ1n) is 8.59. The predicted molar refractivity (Wildman–Crippen MR) is 114 cm³/mol. The van der Waals surface area contributed by atoms with Crippen molar-refractivity contribution in [1.82, 2.24) is 10.7 Å². The predicted octanol–water partition coefficient (Wildman–Crippen LogP) is 2.36. The van der Waals surface area contributed by atoms with E-state index in [0.717, 1.165) is 0 Å². The number of hydrogen-bond acceptors (Lipinski definition) is 5. The van der Waals surface area contributed by atoms with Crippen molar-refractivity contribution in [3.8, 4) is 5.75 Å². The van der Waals surface area contributed by atoms with Crippen LogP contribution in [0.4, 0.5) is 10.1 Å². The van der Waals surface area contributed by atoms with Crippen LogP contribution in [0.1, 0.15) is 5.56 Å². The smallest absolute Gasteiger partial charge is 0.329 e. The third kappa shape index (κ3) is 7.47. The summed E-state index contributed by atoms with van der Waals surface area (Å²) in [4.78, 5) is 35.1. The Hall–Kier alpha value is -3.53. The van der Waals surface area contributed by atoms with Crippen molar-refractivity contribution in [2.45, 2.75) is 0 Å². The number of ether oxygens (including phenoxy) is 1. The number of nitrogens with zero attached hydrogens (tertiary/aromatic N) is 1. The van der Waals surface area contributed by atoms with Gasteiger partial charge in [-0.05, 0) is 42.5 Å². The normalized spacial score (nSPS) is 10.3. The summed E-state index contributed by atoms with van der Waals surface area (Å²) in [6.45, 7) is 3.27. The molecule has 0 atom stereocenters. The number of amides is 3. The summed E-state index contributed by atoms with van der Waals surface area (Å²) < 4.78 is 19.1. The monoisotopic (exact) mass is 476 g/mol. The minimum atomic E-state index is -0.941. The van der Waals surface area contributed by atoms with Crippen molar-refractivity contribution in [1.29, 1.82) is 0 Å². The number of halogens is 2. The topological polar surface area (TPSA) is 109 Å². The number of anilines is 1. The van der Waals surface area contributed by atoms with Gasteiger partial charge in [0.25, 0.3) is 5.91 Å². The highest BCUT2D eigenvalue weighted by molar-refractivity contribution is 9.10. The summed E-state index contributed by atoms with van der Waals surface area (Å²) in [5.74, 6) is -2.33. The number of rotatable bonds is 8. The fourth-order valence-corrected chi connectivity index (χ4v) is 2.46. The van der Waals surface area contributed by atoms with Gasteiger partial charge in [0.2, 0.25) is 0 Å². The van der Waals surface area contributed by atoms with E-state index in [9.17, 15) is 18.8 Å². The summed E-state index contributed by atoms with van der Waals surface area (Å²) in [5, 5.41) is 8.62. The molecule has 0 saturated carbocycles. The Morgan fingerprint density at radius 2 is 1.87 bits per heavy atom. The number of hydrazone groups is 1. The van der Waals surface area contributed by atoms with Crippen molar-refractivity contribution in [3.63, 3.8) is 0 Å². The molecule has 0 saturated heterocycles. The van der Waals surface area contributed by atoms with Crippen molar-refractivity contribution >= 4 is 45.6 Å². The molecular formula is C20H18BrFN4O4. The Morgan fingerprint density at radius 3 is 2.57 bits per heavy atom. The summed E-state index contributed by atoms with van der Waals surface area (Å²) >= 11 is 3.31. The molecule has 8 nitrogen and oxygen atoms in total. The van der Waals surface area contributed by atoms with Crippen LogP contribution in [0, 0.1) is 5.82 Å². The zero-order chi connectivity index (χ0) is 21.9. The number of carbonyl (C=O) groups excluding carboxylic acids is 3. The first kappa shape index (κ1) is 22.8. The molecule has 10 heteroatoms. The fraction of sp³-hybridized carbons (Fsp3) is 0.100. The molecule has 0 aliphatic heterocycles. The molecule has 0 aliphatic carbocycles. The van der Waals surface area contributed by atoms with E-state index in [0.29, 0.717) is 21.5 Å². The number of hydrogen-bond donors (Lipinski definition) is 3. The van der Waals surface area contributed by atoms with Crippen molar-refractivity contribution < 1.29 is 23.5 Å². The lowest BCUT2D eigenvalue weighted by Crippen LogP contribution is -2.37. The van der Waals surface area contributed by atoms with E-state index in [1.54, 1.807) is 18.2 Å². The molecule has 0 aromatic heterocycles. The van der Waals surface area contributed by atoms with Crippen LogP contribution >= 0.6 is 15.9 Å². The molecule has 2 aromatic carbocycles. The molecule has 0 bridgehead atoms. The molecular weight excluding hydrogens is 459 g/mol. The Morgan fingerprint density at radius 1 is 1.13 bits per heavy atom. The van der Waals surface area contributed by atoms with E-state index in [1.165, 1.54) is 36.6 Å². The third-order valence-corrected chi connectivity index (χ3v) is 3.93. The molecule has 0 radical (unpaired) electrons. The summed E-state index contributed by atoms with van der Waals surface area (Å²) in [6.07, 6.45) is 2.71. The maximum absolute atomic E-state index is 12.9. The zero-order valence-electron chi connectivity index (χ0n) is 15.7. The molecule has 0 spiro atoms. The molecule has 3 amide bonds. The van der Waals surface area contributed by atoms with Crippen LogP contribution in [0.15, 0.2) is 64.7 Å². The van der Waals surface area contributed by atoms with Crippen LogP contribution in [0.3, 0.4) is 0 Å². The molecule has 0 unspecified atom stereocenters.